The fourth-order valence-corrected chi connectivity index (χ4v) is 2.97. The predicted octanol–water partition coefficient (Wildman–Crippen LogP) is 2.70. The van der Waals surface area contributed by atoms with Crippen LogP contribution in [0.1, 0.15) is 23.6 Å². The van der Waals surface area contributed by atoms with Crippen LogP contribution in [0.25, 0.3) is 0 Å². The van der Waals surface area contributed by atoms with Gasteiger partial charge < -0.3 is 14.8 Å². The van der Waals surface area contributed by atoms with Gasteiger partial charge in [-0.15, -0.1) is 0 Å². The number of amides is 1. The van der Waals surface area contributed by atoms with Crippen LogP contribution in [0, 0.1) is 12.7 Å². The topological polar surface area (TPSA) is 71.6 Å². The molecule has 1 aliphatic heterocycles. The first-order valence-electron chi connectivity index (χ1n) is 8.32. The van der Waals surface area contributed by atoms with E-state index in [9.17, 15) is 9.18 Å². The number of ether oxygens (including phenoxy) is 2. The zero-order chi connectivity index (χ0) is 18.7. The molecule has 0 bridgehead atoms. The number of nitrogens with one attached hydrogen (secondary N) is 3. The number of hydrazine groups is 1. The van der Waals surface area contributed by atoms with Crippen LogP contribution in [-0.4, -0.2) is 26.2 Å². The molecule has 0 saturated carbocycles. The van der Waals surface area contributed by atoms with Gasteiger partial charge in [-0.1, -0.05) is 12.1 Å². The molecule has 3 N–H and O–H groups in total. The smallest absolute Gasteiger partial charge is 0.242 e. The third kappa shape index (κ3) is 3.79. The average Bonchev–Trinajstić information content (AvgIpc) is 3.14. The minimum atomic E-state index is -0.404. The average molecular weight is 359 g/mol. The molecule has 6 nitrogen and oxygen atoms in total. The third-order valence-electron chi connectivity index (χ3n) is 4.46. The van der Waals surface area contributed by atoms with Crippen LogP contribution in [0.5, 0.6) is 11.5 Å². The Labute approximate surface area is 151 Å². The first-order chi connectivity index (χ1) is 12.5. The number of anilines is 1. The molecule has 138 valence electrons. The Balaban J connectivity index is 1.65. The SMILES string of the molecule is COc1ccc(NC(=O)C2CC(c3ccc(F)c(C)c3)NN2)cc1OC. The minimum Gasteiger partial charge on any atom is -0.493 e. The molecule has 0 aliphatic carbocycles. The van der Waals surface area contributed by atoms with Gasteiger partial charge in [-0.2, -0.15) is 0 Å². The zero-order valence-corrected chi connectivity index (χ0v) is 14.9. The third-order valence-corrected chi connectivity index (χ3v) is 4.46. The van der Waals surface area contributed by atoms with Crippen molar-refractivity contribution in [1.29, 1.82) is 0 Å². The molecule has 1 fully saturated rings. The second kappa shape index (κ2) is 7.72. The largest absolute Gasteiger partial charge is 0.493 e. The second-order valence-electron chi connectivity index (χ2n) is 6.20. The molecule has 1 amide bonds. The van der Waals surface area contributed by atoms with Crippen molar-refractivity contribution in [1.82, 2.24) is 10.9 Å². The van der Waals surface area contributed by atoms with Crippen molar-refractivity contribution in [2.45, 2.75) is 25.4 Å². The van der Waals surface area contributed by atoms with Gasteiger partial charge in [-0.05, 0) is 42.7 Å². The minimum absolute atomic E-state index is 0.0598. The number of carbonyl (C=O) groups excluding carboxylic acids is 1. The van der Waals surface area contributed by atoms with Crippen molar-refractivity contribution in [3.05, 3.63) is 53.3 Å². The van der Waals surface area contributed by atoms with E-state index < -0.39 is 6.04 Å². The van der Waals surface area contributed by atoms with Gasteiger partial charge in [0.15, 0.2) is 11.5 Å². The Bertz CT molecular complexity index is 813. The number of halogens is 1. The molecule has 1 heterocycles. The van der Waals surface area contributed by atoms with Gasteiger partial charge in [0.25, 0.3) is 0 Å². The van der Waals surface area contributed by atoms with E-state index >= 15 is 0 Å². The summed E-state index contributed by atoms with van der Waals surface area (Å²) in [6, 6.07) is 9.71. The molecule has 26 heavy (non-hydrogen) atoms. The Morgan fingerprint density at radius 3 is 2.58 bits per heavy atom. The van der Waals surface area contributed by atoms with E-state index in [0.717, 1.165) is 5.56 Å². The van der Waals surface area contributed by atoms with Gasteiger partial charge in [0.1, 0.15) is 11.9 Å². The highest BCUT2D eigenvalue weighted by Crippen LogP contribution is 2.30. The van der Waals surface area contributed by atoms with Gasteiger partial charge in [0.2, 0.25) is 5.91 Å². The molecule has 7 heteroatoms. The van der Waals surface area contributed by atoms with Gasteiger partial charge in [-0.25, -0.2) is 15.2 Å². The van der Waals surface area contributed by atoms with Crippen molar-refractivity contribution in [3.8, 4) is 11.5 Å². The van der Waals surface area contributed by atoms with Crippen LogP contribution >= 0.6 is 0 Å². The van der Waals surface area contributed by atoms with Gasteiger partial charge in [-0.3, -0.25) is 4.79 Å². The second-order valence-corrected chi connectivity index (χ2v) is 6.20. The van der Waals surface area contributed by atoms with Crippen LogP contribution in [0.3, 0.4) is 0 Å². The van der Waals surface area contributed by atoms with E-state index in [-0.39, 0.29) is 17.8 Å². The van der Waals surface area contributed by atoms with Crippen LogP contribution in [0.2, 0.25) is 0 Å². The molecule has 3 rings (SSSR count). The van der Waals surface area contributed by atoms with Gasteiger partial charge >= 0.3 is 0 Å². The number of hydrogen-bond acceptors (Lipinski definition) is 5. The summed E-state index contributed by atoms with van der Waals surface area (Å²) in [4.78, 5) is 12.5. The fourth-order valence-electron chi connectivity index (χ4n) is 2.97. The Morgan fingerprint density at radius 1 is 1.12 bits per heavy atom. The van der Waals surface area contributed by atoms with Crippen molar-refractivity contribution in [3.63, 3.8) is 0 Å². The summed E-state index contributed by atoms with van der Waals surface area (Å²) in [5, 5.41) is 2.87. The molecule has 2 aromatic carbocycles. The van der Waals surface area contributed by atoms with E-state index in [1.165, 1.54) is 6.07 Å². The number of rotatable bonds is 5. The lowest BCUT2D eigenvalue weighted by atomic mass is 10.00. The number of methoxy groups -OCH3 is 2. The van der Waals surface area contributed by atoms with Crippen LogP contribution in [0.4, 0.5) is 10.1 Å². The van der Waals surface area contributed by atoms with Crippen molar-refractivity contribution in [2.24, 2.45) is 0 Å². The summed E-state index contributed by atoms with van der Waals surface area (Å²) in [7, 11) is 3.10. The Kier molecular flexibility index (Phi) is 5.39. The molecule has 0 spiro atoms. The van der Waals surface area contributed by atoms with Crippen molar-refractivity contribution in [2.75, 3.05) is 19.5 Å². The quantitative estimate of drug-likeness (QED) is 0.766. The molecule has 0 aromatic heterocycles. The van der Waals surface area contributed by atoms with E-state index in [4.69, 9.17) is 9.47 Å². The summed E-state index contributed by atoms with van der Waals surface area (Å²) >= 11 is 0. The van der Waals surface area contributed by atoms with Crippen LogP contribution in [0.15, 0.2) is 36.4 Å². The van der Waals surface area contributed by atoms with E-state index in [1.807, 2.05) is 0 Å². The van der Waals surface area contributed by atoms with Crippen molar-refractivity contribution < 1.29 is 18.7 Å². The maximum atomic E-state index is 13.4. The monoisotopic (exact) mass is 359 g/mol. The highest BCUT2D eigenvalue weighted by molar-refractivity contribution is 5.95. The fraction of sp³-hybridized carbons (Fsp3) is 0.316. The standard InChI is InChI=1S/C19H22FN3O3/c1-11-8-12(4-6-14(11)20)15-10-16(23-22-15)19(24)21-13-5-7-17(25-2)18(9-13)26-3/h4-9,15-16,22-23H,10H2,1-3H3,(H,21,24). The number of hydrogen-bond donors (Lipinski definition) is 3. The lowest BCUT2D eigenvalue weighted by Crippen LogP contribution is -2.39. The number of carbonyl (C=O) groups is 1. The first kappa shape index (κ1) is 18.2. The van der Waals surface area contributed by atoms with Crippen molar-refractivity contribution >= 4 is 11.6 Å². The van der Waals surface area contributed by atoms with Crippen LogP contribution < -0.4 is 25.6 Å². The lowest BCUT2D eigenvalue weighted by molar-refractivity contribution is -0.117. The first-order valence-corrected chi connectivity index (χ1v) is 8.32. The Hall–Kier alpha value is -2.64. The summed E-state index contributed by atoms with van der Waals surface area (Å²) in [6.45, 7) is 1.72. The molecule has 2 aromatic rings. The number of aryl methyl sites for hydroxylation is 1. The molecular weight excluding hydrogens is 337 g/mol. The molecule has 1 aliphatic rings. The highest BCUT2D eigenvalue weighted by Gasteiger charge is 2.30. The molecule has 1 saturated heterocycles. The molecule has 2 unspecified atom stereocenters. The molecular formula is C19H22FN3O3. The molecule has 2 atom stereocenters. The summed E-state index contributed by atoms with van der Waals surface area (Å²) < 4.78 is 23.9. The van der Waals surface area contributed by atoms with E-state index in [1.54, 1.807) is 51.5 Å². The lowest BCUT2D eigenvalue weighted by Gasteiger charge is -2.13. The van der Waals surface area contributed by atoms with E-state index in [2.05, 4.69) is 16.2 Å². The normalized spacial score (nSPS) is 19.2. The van der Waals surface area contributed by atoms with Gasteiger partial charge in [0.05, 0.1) is 14.2 Å². The van der Waals surface area contributed by atoms with Gasteiger partial charge in [0, 0.05) is 17.8 Å². The van der Waals surface area contributed by atoms with Crippen LogP contribution in [-0.2, 0) is 4.79 Å². The summed E-state index contributed by atoms with van der Waals surface area (Å²) in [5.41, 5.74) is 8.25. The summed E-state index contributed by atoms with van der Waals surface area (Å²) in [5.74, 6) is 0.744. The zero-order valence-electron chi connectivity index (χ0n) is 14.9. The predicted molar refractivity (Wildman–Crippen MR) is 96.7 cm³/mol. The number of benzene rings is 2. The highest BCUT2D eigenvalue weighted by atomic mass is 19.1. The molecule has 0 radical (unpaired) electrons. The maximum absolute atomic E-state index is 13.4. The Morgan fingerprint density at radius 2 is 1.88 bits per heavy atom. The van der Waals surface area contributed by atoms with E-state index in [0.29, 0.717) is 29.2 Å². The maximum Gasteiger partial charge on any atom is 0.242 e. The summed E-state index contributed by atoms with van der Waals surface area (Å²) in [6.07, 6.45) is 0.560.